The smallest absolute Gasteiger partial charge is 0.345 e. The Kier molecular flexibility index (Phi) is 1.31. The largest absolute Gasteiger partial charge is 0.507 e. The molecule has 0 radical (unpaired) electrons. The fourth-order valence-electron chi connectivity index (χ4n) is 1.21. The number of esters is 1. The number of carbonyl (C=O) groups excluding carboxylic acids is 1. The van der Waals surface area contributed by atoms with E-state index < -0.39 is 12.3 Å². The molecule has 62 valence electrons. The van der Waals surface area contributed by atoms with Gasteiger partial charge in [-0.1, -0.05) is 12.1 Å². The summed E-state index contributed by atoms with van der Waals surface area (Å²) in [5, 5.41) is 18.3. The third-order valence-electron chi connectivity index (χ3n) is 1.76. The number of cyclic esters (lactones) is 1. The maximum absolute atomic E-state index is 11.0. The molecule has 1 atom stereocenters. The topological polar surface area (TPSA) is 66.8 Å². The van der Waals surface area contributed by atoms with Crippen LogP contribution in [0.5, 0.6) is 5.75 Å². The highest BCUT2D eigenvalue weighted by Crippen LogP contribution is 2.33. The van der Waals surface area contributed by atoms with Gasteiger partial charge in [-0.05, 0) is 6.07 Å². The molecule has 1 unspecified atom stereocenters. The maximum Gasteiger partial charge on any atom is 0.345 e. The second kappa shape index (κ2) is 2.22. The van der Waals surface area contributed by atoms with E-state index in [-0.39, 0.29) is 11.3 Å². The van der Waals surface area contributed by atoms with Gasteiger partial charge in [0.25, 0.3) is 0 Å². The number of carbonyl (C=O) groups is 1. The van der Waals surface area contributed by atoms with Crippen LogP contribution in [0.25, 0.3) is 0 Å². The van der Waals surface area contributed by atoms with Gasteiger partial charge < -0.3 is 14.9 Å². The molecule has 0 spiro atoms. The lowest BCUT2D eigenvalue weighted by Gasteiger charge is -1.99. The van der Waals surface area contributed by atoms with Crippen LogP contribution in [-0.2, 0) is 4.74 Å². The van der Waals surface area contributed by atoms with E-state index in [2.05, 4.69) is 4.74 Å². The zero-order valence-corrected chi connectivity index (χ0v) is 6.02. The number of ether oxygens (including phenoxy) is 1. The second-order valence-corrected chi connectivity index (χ2v) is 2.50. The zero-order valence-electron chi connectivity index (χ0n) is 6.02. The molecule has 1 aromatic rings. The van der Waals surface area contributed by atoms with E-state index in [0.717, 1.165) is 0 Å². The molecule has 2 N–H and O–H groups in total. The first-order chi connectivity index (χ1) is 5.70. The van der Waals surface area contributed by atoms with Gasteiger partial charge >= 0.3 is 5.97 Å². The van der Waals surface area contributed by atoms with Crippen LogP contribution in [0.3, 0.4) is 0 Å². The van der Waals surface area contributed by atoms with E-state index in [0.29, 0.717) is 5.56 Å². The molecule has 0 saturated carbocycles. The minimum Gasteiger partial charge on any atom is -0.507 e. The highest BCUT2D eigenvalue weighted by molar-refractivity contribution is 5.96. The highest BCUT2D eigenvalue weighted by atomic mass is 16.6. The van der Waals surface area contributed by atoms with Crippen molar-refractivity contribution in [1.82, 2.24) is 0 Å². The van der Waals surface area contributed by atoms with Gasteiger partial charge in [0.05, 0.1) is 0 Å². The van der Waals surface area contributed by atoms with Gasteiger partial charge in [0.15, 0.2) is 0 Å². The summed E-state index contributed by atoms with van der Waals surface area (Å²) in [6, 6.07) is 4.45. The van der Waals surface area contributed by atoms with Crippen LogP contribution in [0.1, 0.15) is 22.2 Å². The van der Waals surface area contributed by atoms with Crippen LogP contribution in [0.4, 0.5) is 0 Å². The van der Waals surface area contributed by atoms with Crippen molar-refractivity contribution in [2.24, 2.45) is 0 Å². The van der Waals surface area contributed by atoms with Crippen molar-refractivity contribution in [2.45, 2.75) is 6.29 Å². The van der Waals surface area contributed by atoms with Gasteiger partial charge in [0, 0.05) is 5.56 Å². The molecule has 2 rings (SSSR count). The second-order valence-electron chi connectivity index (χ2n) is 2.50. The van der Waals surface area contributed by atoms with Gasteiger partial charge in [-0.2, -0.15) is 0 Å². The molecule has 4 heteroatoms. The Morgan fingerprint density at radius 1 is 1.42 bits per heavy atom. The number of hydrogen-bond acceptors (Lipinski definition) is 4. The van der Waals surface area contributed by atoms with Crippen LogP contribution in [0.15, 0.2) is 18.2 Å². The molecule has 0 aromatic heterocycles. The van der Waals surface area contributed by atoms with Crippen molar-refractivity contribution in [3.05, 3.63) is 29.3 Å². The Hall–Kier alpha value is -1.55. The van der Waals surface area contributed by atoms with E-state index in [1.165, 1.54) is 12.1 Å². The average Bonchev–Trinajstić information content (AvgIpc) is 2.29. The van der Waals surface area contributed by atoms with Crippen LogP contribution >= 0.6 is 0 Å². The number of aromatic hydroxyl groups is 1. The third-order valence-corrected chi connectivity index (χ3v) is 1.76. The molecule has 1 heterocycles. The molecule has 4 nitrogen and oxygen atoms in total. The molecular weight excluding hydrogens is 160 g/mol. The lowest BCUT2D eigenvalue weighted by molar-refractivity contribution is -0.0547. The van der Waals surface area contributed by atoms with Crippen molar-refractivity contribution in [3.63, 3.8) is 0 Å². The SMILES string of the molecule is O=C1OC(O)c2cccc(O)c21. The molecule has 1 aliphatic heterocycles. The molecule has 0 amide bonds. The zero-order chi connectivity index (χ0) is 8.72. The molecule has 1 aromatic carbocycles. The highest BCUT2D eigenvalue weighted by Gasteiger charge is 2.31. The molecule has 12 heavy (non-hydrogen) atoms. The number of hydrogen-bond donors (Lipinski definition) is 2. The summed E-state index contributed by atoms with van der Waals surface area (Å²) >= 11 is 0. The van der Waals surface area contributed by atoms with Gasteiger partial charge in [0.2, 0.25) is 6.29 Å². The lowest BCUT2D eigenvalue weighted by atomic mass is 10.1. The summed E-state index contributed by atoms with van der Waals surface area (Å²) in [7, 11) is 0. The van der Waals surface area contributed by atoms with Gasteiger partial charge in [-0.25, -0.2) is 4.79 Å². The average molecular weight is 166 g/mol. The Bertz CT molecular complexity index is 345. The minimum absolute atomic E-state index is 0.0602. The predicted molar refractivity (Wildman–Crippen MR) is 38.5 cm³/mol. The number of benzene rings is 1. The quantitative estimate of drug-likeness (QED) is 0.552. The maximum atomic E-state index is 11.0. The minimum atomic E-state index is -1.24. The van der Waals surface area contributed by atoms with E-state index >= 15 is 0 Å². The van der Waals surface area contributed by atoms with Crippen LogP contribution in [0.2, 0.25) is 0 Å². The normalized spacial score (nSPS) is 20.4. The van der Waals surface area contributed by atoms with Gasteiger partial charge in [-0.3, -0.25) is 0 Å². The summed E-state index contributed by atoms with van der Waals surface area (Å²) in [4.78, 5) is 11.0. The standard InChI is InChI=1S/C8H6O4/c9-5-3-1-2-4-6(5)8(11)12-7(4)10/h1-3,7,9-10H. The van der Waals surface area contributed by atoms with E-state index in [9.17, 15) is 9.90 Å². The molecular formula is C8H6O4. The molecule has 0 fully saturated rings. The number of rotatable bonds is 0. The van der Waals surface area contributed by atoms with Crippen molar-refractivity contribution >= 4 is 5.97 Å². The lowest BCUT2D eigenvalue weighted by Crippen LogP contribution is -1.96. The molecule has 0 bridgehead atoms. The molecule has 1 aliphatic rings. The summed E-state index contributed by atoms with van der Waals surface area (Å²) < 4.78 is 4.47. The van der Waals surface area contributed by atoms with Gasteiger partial charge in [-0.15, -0.1) is 0 Å². The number of fused-ring (bicyclic) bond motifs is 1. The van der Waals surface area contributed by atoms with Crippen LogP contribution in [-0.4, -0.2) is 16.2 Å². The number of phenols is 1. The fraction of sp³-hybridized carbons (Fsp3) is 0.125. The third kappa shape index (κ3) is 0.785. The van der Waals surface area contributed by atoms with Crippen molar-refractivity contribution < 1.29 is 19.7 Å². The number of aliphatic hydroxyl groups is 1. The molecule has 0 saturated heterocycles. The van der Waals surface area contributed by atoms with Crippen molar-refractivity contribution in [3.8, 4) is 5.75 Å². The van der Waals surface area contributed by atoms with Crippen molar-refractivity contribution in [1.29, 1.82) is 0 Å². The van der Waals surface area contributed by atoms with E-state index in [1.54, 1.807) is 6.07 Å². The first-order valence-electron chi connectivity index (χ1n) is 3.41. The van der Waals surface area contributed by atoms with E-state index in [1.807, 2.05) is 0 Å². The van der Waals surface area contributed by atoms with Crippen molar-refractivity contribution in [2.75, 3.05) is 0 Å². The first-order valence-corrected chi connectivity index (χ1v) is 3.41. The monoisotopic (exact) mass is 166 g/mol. The van der Waals surface area contributed by atoms with Crippen LogP contribution < -0.4 is 0 Å². The van der Waals surface area contributed by atoms with Gasteiger partial charge in [0.1, 0.15) is 11.3 Å². The summed E-state index contributed by atoms with van der Waals surface area (Å²) in [5.41, 5.74) is 0.380. The summed E-state index contributed by atoms with van der Waals surface area (Å²) in [5.74, 6) is -0.843. The van der Waals surface area contributed by atoms with Crippen LogP contribution in [0, 0.1) is 0 Å². The predicted octanol–water partition coefficient (Wildman–Crippen LogP) is 0.553. The Morgan fingerprint density at radius 3 is 2.83 bits per heavy atom. The summed E-state index contributed by atoms with van der Waals surface area (Å²) in [6.07, 6.45) is -1.24. The fourth-order valence-corrected chi connectivity index (χ4v) is 1.21. The first kappa shape index (κ1) is 7.12. The Morgan fingerprint density at radius 2 is 2.17 bits per heavy atom. The number of aliphatic hydroxyl groups excluding tert-OH is 1. The molecule has 0 aliphatic carbocycles. The van der Waals surface area contributed by atoms with E-state index in [4.69, 9.17) is 5.11 Å². The summed E-state index contributed by atoms with van der Waals surface area (Å²) in [6.45, 7) is 0. The Balaban J connectivity index is 2.67. The number of phenolic OH excluding ortho intramolecular Hbond substituents is 1. The Labute approximate surface area is 68.0 Å².